The Morgan fingerprint density at radius 2 is 1.69 bits per heavy atom. The van der Waals surface area contributed by atoms with Crippen LogP contribution >= 0.6 is 24.0 Å². The van der Waals surface area contributed by atoms with Crippen LogP contribution in [0.1, 0.15) is 51.5 Å². The smallest absolute Gasteiger partial charge is 0.191 e. The predicted octanol–water partition coefficient (Wildman–Crippen LogP) is 4.08. The van der Waals surface area contributed by atoms with E-state index in [0.717, 1.165) is 18.4 Å². The summed E-state index contributed by atoms with van der Waals surface area (Å²) in [6, 6.07) is 9.57. The highest BCUT2D eigenvalue weighted by Gasteiger charge is 2.19. The van der Waals surface area contributed by atoms with Gasteiger partial charge in [-0.25, -0.2) is 0 Å². The lowest BCUT2D eigenvalue weighted by Gasteiger charge is -2.33. The normalized spacial score (nSPS) is 19.7. The van der Waals surface area contributed by atoms with Gasteiger partial charge in [0.05, 0.1) is 0 Å². The zero-order valence-corrected chi connectivity index (χ0v) is 20.8. The third-order valence-electron chi connectivity index (χ3n) is 6.24. The maximum Gasteiger partial charge on any atom is 0.191 e. The van der Waals surface area contributed by atoms with E-state index >= 15 is 0 Å². The molecular weight excluding hydrogens is 473 g/mol. The van der Waals surface area contributed by atoms with Crippen molar-refractivity contribution in [2.24, 2.45) is 10.9 Å². The highest BCUT2D eigenvalue weighted by atomic mass is 127. The molecule has 0 unspecified atom stereocenters. The molecule has 2 heterocycles. The first kappa shape index (κ1) is 24.3. The lowest BCUT2D eigenvalue weighted by molar-refractivity contribution is 0.206. The van der Waals surface area contributed by atoms with E-state index in [-0.39, 0.29) is 24.0 Å². The van der Waals surface area contributed by atoms with Gasteiger partial charge in [0.2, 0.25) is 0 Å². The fraction of sp³-hybridized carbons (Fsp3) is 0.696. The second-order valence-electron chi connectivity index (χ2n) is 8.52. The minimum absolute atomic E-state index is 0. The molecule has 2 N–H and O–H groups in total. The van der Waals surface area contributed by atoms with Crippen LogP contribution in [0.4, 0.5) is 5.69 Å². The Kier molecular flexibility index (Phi) is 10.6. The summed E-state index contributed by atoms with van der Waals surface area (Å²) in [5.41, 5.74) is 2.66. The van der Waals surface area contributed by atoms with Gasteiger partial charge in [-0.05, 0) is 62.3 Å². The van der Waals surface area contributed by atoms with E-state index < -0.39 is 0 Å². The molecule has 29 heavy (non-hydrogen) atoms. The van der Waals surface area contributed by atoms with Gasteiger partial charge in [0, 0.05) is 51.5 Å². The van der Waals surface area contributed by atoms with E-state index in [4.69, 9.17) is 0 Å². The van der Waals surface area contributed by atoms with Gasteiger partial charge in [-0.2, -0.15) is 0 Å². The molecule has 2 saturated heterocycles. The molecule has 0 aromatic heterocycles. The number of anilines is 1. The zero-order chi connectivity index (χ0) is 19.8. The first-order valence-electron chi connectivity index (χ1n) is 11.2. The number of hydrogen-bond donors (Lipinski definition) is 2. The van der Waals surface area contributed by atoms with Crippen molar-refractivity contribution in [2.75, 3.05) is 44.7 Å². The monoisotopic (exact) mass is 513 g/mol. The summed E-state index contributed by atoms with van der Waals surface area (Å²) in [7, 11) is 1.86. The quantitative estimate of drug-likeness (QED) is 0.342. The minimum atomic E-state index is 0. The molecular formula is C23H40IN5. The number of nitrogens with one attached hydrogen (secondary N) is 2. The first-order valence-corrected chi connectivity index (χ1v) is 11.2. The third-order valence-corrected chi connectivity index (χ3v) is 6.24. The molecule has 2 fully saturated rings. The summed E-state index contributed by atoms with van der Waals surface area (Å²) in [5, 5.41) is 7.10. The van der Waals surface area contributed by atoms with Crippen molar-refractivity contribution in [1.82, 2.24) is 15.5 Å². The van der Waals surface area contributed by atoms with Crippen molar-refractivity contribution in [1.29, 1.82) is 0 Å². The highest BCUT2D eigenvalue weighted by molar-refractivity contribution is 14.0. The Balaban J connectivity index is 0.00000300. The Bertz CT molecular complexity index is 602. The van der Waals surface area contributed by atoms with Crippen molar-refractivity contribution in [3.8, 4) is 0 Å². The molecule has 0 atom stereocenters. The highest BCUT2D eigenvalue weighted by Crippen LogP contribution is 2.23. The largest absolute Gasteiger partial charge is 0.372 e. The number of hydrogen-bond acceptors (Lipinski definition) is 3. The van der Waals surface area contributed by atoms with Gasteiger partial charge >= 0.3 is 0 Å². The van der Waals surface area contributed by atoms with Crippen LogP contribution in [0.25, 0.3) is 0 Å². The molecule has 0 amide bonds. The molecule has 0 saturated carbocycles. The number of guanidine groups is 1. The van der Waals surface area contributed by atoms with Gasteiger partial charge in [0.25, 0.3) is 0 Å². The maximum atomic E-state index is 4.42. The van der Waals surface area contributed by atoms with E-state index in [9.17, 15) is 0 Å². The molecule has 3 rings (SSSR count). The zero-order valence-electron chi connectivity index (χ0n) is 18.5. The fourth-order valence-corrected chi connectivity index (χ4v) is 4.28. The number of rotatable bonds is 6. The molecule has 164 valence electrons. The third kappa shape index (κ3) is 7.63. The molecule has 0 bridgehead atoms. The van der Waals surface area contributed by atoms with E-state index in [2.05, 4.69) is 63.5 Å². The second kappa shape index (κ2) is 12.6. The van der Waals surface area contributed by atoms with Gasteiger partial charge in [0.1, 0.15) is 0 Å². The number of halogens is 1. The van der Waals surface area contributed by atoms with Crippen LogP contribution < -0.4 is 15.5 Å². The van der Waals surface area contributed by atoms with Crippen LogP contribution in [-0.4, -0.2) is 56.7 Å². The lowest BCUT2D eigenvalue weighted by Crippen LogP contribution is -2.48. The van der Waals surface area contributed by atoms with Gasteiger partial charge in [-0.15, -0.1) is 24.0 Å². The summed E-state index contributed by atoms with van der Waals surface area (Å²) in [6.45, 7) is 11.4. The van der Waals surface area contributed by atoms with Crippen LogP contribution in [-0.2, 0) is 6.54 Å². The Hall–Kier alpha value is -1.02. The second-order valence-corrected chi connectivity index (χ2v) is 8.52. The van der Waals surface area contributed by atoms with Crippen LogP contribution in [0, 0.1) is 5.92 Å². The van der Waals surface area contributed by atoms with Crippen molar-refractivity contribution >= 4 is 35.6 Å². The van der Waals surface area contributed by atoms with Crippen LogP contribution in [0.3, 0.4) is 0 Å². The summed E-state index contributed by atoms with van der Waals surface area (Å²) in [5.74, 6) is 1.79. The van der Waals surface area contributed by atoms with Gasteiger partial charge < -0.3 is 20.4 Å². The Morgan fingerprint density at radius 3 is 2.28 bits per heavy atom. The van der Waals surface area contributed by atoms with Gasteiger partial charge in [0.15, 0.2) is 5.96 Å². The van der Waals surface area contributed by atoms with Crippen LogP contribution in [0.2, 0.25) is 0 Å². The molecule has 1 aromatic rings. The molecule has 0 spiro atoms. The number of piperidine rings is 2. The minimum Gasteiger partial charge on any atom is -0.372 e. The average Bonchev–Trinajstić information content (AvgIpc) is 2.73. The molecule has 1 aromatic carbocycles. The molecule has 0 aliphatic carbocycles. The first-order chi connectivity index (χ1) is 13.7. The van der Waals surface area contributed by atoms with Gasteiger partial charge in [-0.1, -0.05) is 26.0 Å². The standard InChI is InChI=1S/C23H39N5.HI/c1-4-13-27-14-11-21(12-15-27)26-23(24-3)25-18-20-5-7-22(8-6-20)28-16-9-19(2)10-17-28;/h5-8,19,21H,4,9-18H2,1-3H3,(H2,24,25,26);1H. The van der Waals surface area contributed by atoms with Crippen molar-refractivity contribution in [2.45, 2.75) is 58.5 Å². The Labute approximate surface area is 194 Å². The summed E-state index contributed by atoms with van der Waals surface area (Å²) >= 11 is 0. The SMILES string of the molecule is CCCN1CCC(NC(=NC)NCc2ccc(N3CCC(C)CC3)cc2)CC1.I. The van der Waals surface area contributed by atoms with Gasteiger partial charge in [-0.3, -0.25) is 4.99 Å². The summed E-state index contributed by atoms with van der Waals surface area (Å²) in [6.07, 6.45) is 6.26. The summed E-state index contributed by atoms with van der Waals surface area (Å²) < 4.78 is 0. The molecule has 2 aliphatic heterocycles. The predicted molar refractivity (Wildman–Crippen MR) is 136 cm³/mol. The van der Waals surface area contributed by atoms with Crippen LogP contribution in [0.15, 0.2) is 29.3 Å². The molecule has 2 aliphatic rings. The van der Waals surface area contributed by atoms with Crippen molar-refractivity contribution < 1.29 is 0 Å². The number of likely N-dealkylation sites (tertiary alicyclic amines) is 1. The van der Waals surface area contributed by atoms with Crippen molar-refractivity contribution in [3.63, 3.8) is 0 Å². The average molecular weight is 514 g/mol. The number of nitrogens with zero attached hydrogens (tertiary/aromatic N) is 3. The summed E-state index contributed by atoms with van der Waals surface area (Å²) in [4.78, 5) is 9.51. The molecule has 6 heteroatoms. The van der Waals surface area contributed by atoms with Crippen LogP contribution in [0.5, 0.6) is 0 Å². The number of aliphatic imine (C=N–C) groups is 1. The molecule has 0 radical (unpaired) electrons. The van der Waals surface area contributed by atoms with Crippen molar-refractivity contribution in [3.05, 3.63) is 29.8 Å². The van der Waals surface area contributed by atoms with E-state index in [1.54, 1.807) is 0 Å². The topological polar surface area (TPSA) is 42.9 Å². The van der Waals surface area contributed by atoms with E-state index in [1.807, 2.05) is 7.05 Å². The van der Waals surface area contributed by atoms with E-state index in [0.29, 0.717) is 6.04 Å². The van der Waals surface area contributed by atoms with E-state index in [1.165, 1.54) is 76.1 Å². The number of benzene rings is 1. The Morgan fingerprint density at radius 1 is 1.03 bits per heavy atom. The fourth-order valence-electron chi connectivity index (χ4n) is 4.28. The maximum absolute atomic E-state index is 4.42. The molecule has 5 nitrogen and oxygen atoms in total. The lowest BCUT2D eigenvalue weighted by atomic mass is 9.99.